The van der Waals surface area contributed by atoms with Gasteiger partial charge in [0.15, 0.2) is 0 Å². The number of hydrogen-bond donors (Lipinski definition) is 0. The van der Waals surface area contributed by atoms with Gasteiger partial charge < -0.3 is 4.74 Å². The van der Waals surface area contributed by atoms with Gasteiger partial charge in [0.2, 0.25) is 0 Å². The lowest BCUT2D eigenvalue weighted by Crippen LogP contribution is -2.36. The Morgan fingerprint density at radius 2 is 1.57 bits per heavy atom. The molecular weight excluding hydrogens is 174 g/mol. The maximum Gasteiger partial charge on any atom is 0.0593 e. The largest absolute Gasteiger partial charge is 0.380 e. The van der Waals surface area contributed by atoms with Crippen LogP contribution in [-0.2, 0) is 4.74 Å². The molecule has 0 bridgehead atoms. The summed E-state index contributed by atoms with van der Waals surface area (Å²) in [5, 5.41) is 0. The molecule has 1 aliphatic carbocycles. The minimum atomic E-state index is 0.874. The molecule has 0 unspecified atom stereocenters. The summed E-state index contributed by atoms with van der Waals surface area (Å²) in [5.41, 5.74) is 0. The summed E-state index contributed by atoms with van der Waals surface area (Å²) in [7, 11) is 0. The molecule has 1 saturated heterocycles. The lowest BCUT2D eigenvalue weighted by molar-refractivity contribution is 0.128. The first-order chi connectivity index (χ1) is 6.97. The smallest absolute Gasteiger partial charge is 0.0593 e. The Kier molecular flexibility index (Phi) is 4.26. The molecule has 1 heterocycles. The van der Waals surface area contributed by atoms with Crippen molar-refractivity contribution in [1.82, 2.24) is 4.90 Å². The van der Waals surface area contributed by atoms with Gasteiger partial charge in [0.1, 0.15) is 0 Å². The van der Waals surface area contributed by atoms with E-state index in [2.05, 4.69) is 4.90 Å². The van der Waals surface area contributed by atoms with Gasteiger partial charge >= 0.3 is 0 Å². The molecule has 2 fully saturated rings. The molecule has 14 heavy (non-hydrogen) atoms. The third-order valence-corrected chi connectivity index (χ3v) is 3.60. The van der Waals surface area contributed by atoms with Gasteiger partial charge in [0.05, 0.1) is 6.61 Å². The molecule has 0 radical (unpaired) electrons. The van der Waals surface area contributed by atoms with E-state index in [0.717, 1.165) is 19.3 Å². The summed E-state index contributed by atoms with van der Waals surface area (Å²) in [6, 6.07) is 0.874. The van der Waals surface area contributed by atoms with E-state index >= 15 is 0 Å². The van der Waals surface area contributed by atoms with Gasteiger partial charge in [-0.1, -0.05) is 25.7 Å². The lowest BCUT2D eigenvalue weighted by Gasteiger charge is -2.29. The number of rotatable bonds is 1. The fourth-order valence-electron chi connectivity index (χ4n) is 2.75. The SMILES string of the molecule is C1CCCC(N2CCCOCC2)CC1. The maximum atomic E-state index is 5.51. The van der Waals surface area contributed by atoms with Crippen molar-refractivity contribution in [3.63, 3.8) is 0 Å². The second-order valence-corrected chi connectivity index (χ2v) is 4.65. The topological polar surface area (TPSA) is 12.5 Å². The monoisotopic (exact) mass is 197 g/mol. The summed E-state index contributed by atoms with van der Waals surface area (Å²) >= 11 is 0. The number of hydrogen-bond acceptors (Lipinski definition) is 2. The lowest BCUT2D eigenvalue weighted by atomic mass is 10.1. The van der Waals surface area contributed by atoms with Crippen LogP contribution < -0.4 is 0 Å². The summed E-state index contributed by atoms with van der Waals surface area (Å²) in [4.78, 5) is 2.68. The third kappa shape index (κ3) is 2.96. The van der Waals surface area contributed by atoms with Crippen LogP contribution in [0.25, 0.3) is 0 Å². The molecule has 0 N–H and O–H groups in total. The molecule has 0 aromatic carbocycles. The van der Waals surface area contributed by atoms with Gasteiger partial charge in [-0.15, -0.1) is 0 Å². The van der Waals surface area contributed by atoms with Crippen molar-refractivity contribution in [3.8, 4) is 0 Å². The zero-order valence-electron chi connectivity index (χ0n) is 9.21. The van der Waals surface area contributed by atoms with Gasteiger partial charge in [-0.25, -0.2) is 0 Å². The van der Waals surface area contributed by atoms with Gasteiger partial charge in [-0.3, -0.25) is 4.90 Å². The molecule has 2 heteroatoms. The molecule has 0 spiro atoms. The zero-order valence-corrected chi connectivity index (χ0v) is 9.21. The van der Waals surface area contributed by atoms with Gasteiger partial charge in [-0.2, -0.15) is 0 Å². The van der Waals surface area contributed by atoms with Crippen LogP contribution in [-0.4, -0.2) is 37.2 Å². The van der Waals surface area contributed by atoms with Crippen LogP contribution >= 0.6 is 0 Å². The van der Waals surface area contributed by atoms with Gasteiger partial charge in [0.25, 0.3) is 0 Å². The van der Waals surface area contributed by atoms with Crippen LogP contribution in [0.3, 0.4) is 0 Å². The zero-order chi connectivity index (χ0) is 9.64. The number of nitrogens with zero attached hydrogens (tertiary/aromatic N) is 1. The van der Waals surface area contributed by atoms with Crippen LogP contribution in [0.1, 0.15) is 44.9 Å². The Bertz CT molecular complexity index is 126. The highest BCUT2D eigenvalue weighted by Crippen LogP contribution is 2.22. The summed E-state index contributed by atoms with van der Waals surface area (Å²) < 4.78 is 5.51. The minimum Gasteiger partial charge on any atom is -0.380 e. The maximum absolute atomic E-state index is 5.51. The van der Waals surface area contributed by atoms with E-state index in [-0.39, 0.29) is 0 Å². The van der Waals surface area contributed by atoms with E-state index in [1.165, 1.54) is 58.0 Å². The van der Waals surface area contributed by atoms with Crippen molar-refractivity contribution in [3.05, 3.63) is 0 Å². The van der Waals surface area contributed by atoms with Crippen molar-refractivity contribution in [2.24, 2.45) is 0 Å². The molecule has 2 aliphatic rings. The normalized spacial score (nSPS) is 28.3. The van der Waals surface area contributed by atoms with E-state index < -0.39 is 0 Å². The van der Waals surface area contributed by atoms with Crippen LogP contribution in [0.5, 0.6) is 0 Å². The highest BCUT2D eigenvalue weighted by Gasteiger charge is 2.20. The molecule has 82 valence electrons. The second kappa shape index (κ2) is 5.72. The van der Waals surface area contributed by atoms with Crippen molar-refractivity contribution < 1.29 is 4.74 Å². The average molecular weight is 197 g/mol. The van der Waals surface area contributed by atoms with Crippen molar-refractivity contribution in [1.29, 1.82) is 0 Å². The standard InChI is InChI=1S/C12H23NO/c1-2-4-7-12(6-3-1)13-8-5-10-14-11-9-13/h12H,1-11H2. The molecule has 1 aliphatic heterocycles. The molecule has 0 atom stereocenters. The van der Waals surface area contributed by atoms with Crippen molar-refractivity contribution in [2.75, 3.05) is 26.3 Å². The van der Waals surface area contributed by atoms with E-state index in [0.29, 0.717) is 0 Å². The van der Waals surface area contributed by atoms with Gasteiger partial charge in [-0.05, 0) is 19.3 Å². The summed E-state index contributed by atoms with van der Waals surface area (Å²) in [6.07, 6.45) is 9.90. The predicted octanol–water partition coefficient (Wildman–Crippen LogP) is 2.43. The minimum absolute atomic E-state index is 0.874. The van der Waals surface area contributed by atoms with E-state index in [9.17, 15) is 0 Å². The summed E-state index contributed by atoms with van der Waals surface area (Å²) in [5.74, 6) is 0. The molecule has 1 saturated carbocycles. The Morgan fingerprint density at radius 3 is 2.36 bits per heavy atom. The molecule has 0 amide bonds. The first-order valence-corrected chi connectivity index (χ1v) is 6.28. The van der Waals surface area contributed by atoms with Gasteiger partial charge in [0, 0.05) is 25.7 Å². The quantitative estimate of drug-likeness (QED) is 0.599. The molecule has 0 aromatic heterocycles. The van der Waals surface area contributed by atoms with E-state index in [1.807, 2.05) is 0 Å². The molecule has 0 aromatic rings. The Labute approximate surface area is 87.6 Å². The second-order valence-electron chi connectivity index (χ2n) is 4.65. The Hall–Kier alpha value is -0.0800. The third-order valence-electron chi connectivity index (χ3n) is 3.60. The predicted molar refractivity (Wildman–Crippen MR) is 58.5 cm³/mol. The highest BCUT2D eigenvalue weighted by atomic mass is 16.5. The number of ether oxygens (including phenoxy) is 1. The Balaban J connectivity index is 1.83. The first kappa shape index (κ1) is 10.4. The van der Waals surface area contributed by atoms with E-state index in [4.69, 9.17) is 4.74 Å². The highest BCUT2D eigenvalue weighted by molar-refractivity contribution is 4.75. The average Bonchev–Trinajstić information content (AvgIpc) is 2.62. The van der Waals surface area contributed by atoms with Crippen LogP contribution in [0.15, 0.2) is 0 Å². The molecule has 2 nitrogen and oxygen atoms in total. The van der Waals surface area contributed by atoms with Crippen LogP contribution in [0.2, 0.25) is 0 Å². The fourth-order valence-corrected chi connectivity index (χ4v) is 2.75. The van der Waals surface area contributed by atoms with E-state index in [1.54, 1.807) is 0 Å². The Morgan fingerprint density at radius 1 is 0.786 bits per heavy atom. The molecular formula is C12H23NO. The van der Waals surface area contributed by atoms with Crippen LogP contribution in [0.4, 0.5) is 0 Å². The summed E-state index contributed by atoms with van der Waals surface area (Å²) in [6.45, 7) is 4.37. The van der Waals surface area contributed by atoms with Crippen molar-refractivity contribution >= 4 is 0 Å². The first-order valence-electron chi connectivity index (χ1n) is 6.28. The fraction of sp³-hybridized carbons (Fsp3) is 1.00. The molecule has 2 rings (SSSR count). The van der Waals surface area contributed by atoms with Crippen LogP contribution in [0, 0.1) is 0 Å². The van der Waals surface area contributed by atoms with Crippen molar-refractivity contribution in [2.45, 2.75) is 51.0 Å².